The van der Waals surface area contributed by atoms with Crippen molar-refractivity contribution >= 4 is 22.5 Å². The van der Waals surface area contributed by atoms with Gasteiger partial charge in [-0.25, -0.2) is 0 Å². The topological polar surface area (TPSA) is 57.4 Å². The molecule has 0 spiro atoms. The number of aromatic nitrogens is 1. The number of nitrogens with one attached hydrogen (secondary N) is 2. The molecule has 0 bridgehead atoms. The van der Waals surface area contributed by atoms with Gasteiger partial charge in [-0.2, -0.15) is 0 Å². The van der Waals surface area contributed by atoms with Crippen molar-refractivity contribution in [3.8, 4) is 0 Å². The van der Waals surface area contributed by atoms with Crippen LogP contribution in [-0.2, 0) is 16.0 Å². The zero-order chi connectivity index (χ0) is 27.4. The Morgan fingerprint density at radius 1 is 0.821 bits per heavy atom. The third-order valence-electron chi connectivity index (χ3n) is 8.35. The summed E-state index contributed by atoms with van der Waals surface area (Å²) in [7, 11) is 0. The van der Waals surface area contributed by atoms with Crippen molar-refractivity contribution in [2.45, 2.75) is 129 Å². The van der Waals surface area contributed by atoms with E-state index in [-0.39, 0.29) is 5.91 Å². The summed E-state index contributed by atoms with van der Waals surface area (Å²) in [6, 6.07) is 6.64. The quantitative estimate of drug-likeness (QED) is 0.147. The SMILES string of the molecule is CCCCCCCCCCCCCCCCCCCC(=O)NCCc1c[nH]c2ccc(N3CCOCC3)cc12. The van der Waals surface area contributed by atoms with Gasteiger partial charge in [-0.3, -0.25) is 4.79 Å². The normalized spacial score (nSPS) is 13.8. The van der Waals surface area contributed by atoms with E-state index in [0.29, 0.717) is 13.0 Å². The van der Waals surface area contributed by atoms with Crippen molar-refractivity contribution in [3.05, 3.63) is 30.0 Å². The number of carbonyl (C=O) groups is 1. The van der Waals surface area contributed by atoms with E-state index in [1.807, 2.05) is 0 Å². The van der Waals surface area contributed by atoms with Crippen LogP contribution in [0.1, 0.15) is 128 Å². The van der Waals surface area contributed by atoms with Gasteiger partial charge in [-0.15, -0.1) is 0 Å². The molecule has 39 heavy (non-hydrogen) atoms. The molecule has 3 rings (SSSR count). The monoisotopic (exact) mass is 539 g/mol. The van der Waals surface area contributed by atoms with Crippen LogP contribution in [0.15, 0.2) is 24.4 Å². The zero-order valence-corrected chi connectivity index (χ0v) is 25.0. The number of unbranched alkanes of at least 4 members (excludes halogenated alkanes) is 16. The summed E-state index contributed by atoms with van der Waals surface area (Å²) in [5.41, 5.74) is 3.70. The van der Waals surface area contributed by atoms with Crippen LogP contribution in [0, 0.1) is 0 Å². The number of benzene rings is 1. The number of aromatic amines is 1. The minimum Gasteiger partial charge on any atom is -0.378 e. The molecule has 1 fully saturated rings. The number of hydrogen-bond donors (Lipinski definition) is 2. The van der Waals surface area contributed by atoms with E-state index in [9.17, 15) is 4.79 Å². The molecular formula is C34H57N3O2. The van der Waals surface area contributed by atoms with Crippen molar-refractivity contribution in [2.24, 2.45) is 0 Å². The van der Waals surface area contributed by atoms with Crippen LogP contribution in [0.5, 0.6) is 0 Å². The second kappa shape index (κ2) is 20.0. The summed E-state index contributed by atoms with van der Waals surface area (Å²) >= 11 is 0. The number of anilines is 1. The Kier molecular flexibility index (Phi) is 16.1. The van der Waals surface area contributed by atoms with Crippen molar-refractivity contribution in [1.82, 2.24) is 10.3 Å². The largest absolute Gasteiger partial charge is 0.378 e. The fraction of sp³-hybridized carbons (Fsp3) is 0.735. The Morgan fingerprint density at radius 3 is 1.97 bits per heavy atom. The van der Waals surface area contributed by atoms with Crippen LogP contribution in [-0.4, -0.2) is 43.7 Å². The second-order valence-electron chi connectivity index (χ2n) is 11.7. The molecule has 2 aromatic rings. The Morgan fingerprint density at radius 2 is 1.38 bits per heavy atom. The molecule has 5 heteroatoms. The maximum absolute atomic E-state index is 12.3. The van der Waals surface area contributed by atoms with Crippen molar-refractivity contribution in [1.29, 1.82) is 0 Å². The lowest BCUT2D eigenvalue weighted by molar-refractivity contribution is -0.121. The van der Waals surface area contributed by atoms with Crippen LogP contribution >= 0.6 is 0 Å². The molecule has 1 aliphatic heterocycles. The third-order valence-corrected chi connectivity index (χ3v) is 8.35. The summed E-state index contributed by atoms with van der Waals surface area (Å²) in [5.74, 6) is 0.199. The van der Waals surface area contributed by atoms with E-state index in [1.54, 1.807) is 0 Å². The van der Waals surface area contributed by atoms with Crippen LogP contribution < -0.4 is 10.2 Å². The first-order valence-corrected chi connectivity index (χ1v) is 16.5. The molecule has 2 N–H and O–H groups in total. The van der Waals surface area contributed by atoms with E-state index in [4.69, 9.17) is 4.74 Å². The molecule has 1 saturated heterocycles. The molecule has 1 aliphatic rings. The minimum atomic E-state index is 0.199. The van der Waals surface area contributed by atoms with Gasteiger partial charge in [-0.1, -0.05) is 110 Å². The molecule has 220 valence electrons. The van der Waals surface area contributed by atoms with Gasteiger partial charge < -0.3 is 19.9 Å². The predicted molar refractivity (Wildman–Crippen MR) is 167 cm³/mol. The van der Waals surface area contributed by atoms with Gasteiger partial charge in [0.25, 0.3) is 0 Å². The Labute approximate surface area is 238 Å². The Bertz CT molecular complexity index is 903. The first-order chi connectivity index (χ1) is 19.3. The number of ether oxygens (including phenoxy) is 1. The van der Waals surface area contributed by atoms with E-state index in [1.165, 1.54) is 119 Å². The average Bonchev–Trinajstić information content (AvgIpc) is 3.37. The molecule has 2 heterocycles. The average molecular weight is 540 g/mol. The Hall–Kier alpha value is -2.01. The smallest absolute Gasteiger partial charge is 0.220 e. The zero-order valence-electron chi connectivity index (χ0n) is 25.0. The summed E-state index contributed by atoms with van der Waals surface area (Å²) in [4.78, 5) is 18.1. The molecule has 0 unspecified atom stereocenters. The fourth-order valence-corrected chi connectivity index (χ4v) is 5.83. The molecule has 0 aliphatic carbocycles. The molecule has 1 amide bonds. The van der Waals surface area contributed by atoms with Gasteiger partial charge in [0.15, 0.2) is 0 Å². The van der Waals surface area contributed by atoms with Crippen LogP contribution in [0.3, 0.4) is 0 Å². The summed E-state index contributed by atoms with van der Waals surface area (Å²) < 4.78 is 5.49. The molecule has 5 nitrogen and oxygen atoms in total. The standard InChI is InChI=1S/C34H57N3O2/c1-2-3-4-5-6-7-8-9-10-11-12-13-14-15-16-17-18-19-34(38)35-23-22-30-29-36-33-21-20-31(28-32(30)33)37-24-26-39-27-25-37/h20-21,28-29,36H,2-19,22-27H2,1H3,(H,35,38). The number of morpholine rings is 1. The maximum Gasteiger partial charge on any atom is 0.220 e. The van der Waals surface area contributed by atoms with Crippen LogP contribution in [0.25, 0.3) is 10.9 Å². The fourth-order valence-electron chi connectivity index (χ4n) is 5.83. The van der Waals surface area contributed by atoms with Gasteiger partial charge in [0.05, 0.1) is 13.2 Å². The summed E-state index contributed by atoms with van der Waals surface area (Å²) in [6.07, 6.45) is 26.8. The minimum absolute atomic E-state index is 0.199. The molecular weight excluding hydrogens is 482 g/mol. The predicted octanol–water partition coefficient (Wildman–Crippen LogP) is 8.70. The number of nitrogens with zero attached hydrogens (tertiary/aromatic N) is 1. The van der Waals surface area contributed by atoms with E-state index in [0.717, 1.165) is 44.7 Å². The van der Waals surface area contributed by atoms with Crippen molar-refractivity contribution in [2.75, 3.05) is 37.7 Å². The van der Waals surface area contributed by atoms with Gasteiger partial charge in [-0.05, 0) is 36.6 Å². The van der Waals surface area contributed by atoms with E-state index < -0.39 is 0 Å². The molecule has 1 aromatic carbocycles. The highest BCUT2D eigenvalue weighted by Gasteiger charge is 2.13. The third kappa shape index (κ3) is 12.8. The lowest BCUT2D eigenvalue weighted by Crippen LogP contribution is -2.36. The highest BCUT2D eigenvalue weighted by molar-refractivity contribution is 5.86. The second-order valence-corrected chi connectivity index (χ2v) is 11.7. The van der Waals surface area contributed by atoms with Crippen molar-refractivity contribution < 1.29 is 9.53 Å². The van der Waals surface area contributed by atoms with Gasteiger partial charge >= 0.3 is 0 Å². The lowest BCUT2D eigenvalue weighted by Gasteiger charge is -2.29. The molecule has 1 aromatic heterocycles. The molecule has 0 saturated carbocycles. The number of fused-ring (bicyclic) bond motifs is 1. The summed E-state index contributed by atoms with van der Waals surface area (Å²) in [6.45, 7) is 6.47. The molecule has 0 atom stereocenters. The van der Waals surface area contributed by atoms with Crippen molar-refractivity contribution in [3.63, 3.8) is 0 Å². The number of H-pyrrole nitrogens is 1. The number of carbonyl (C=O) groups excluding carboxylic acids is 1. The van der Waals surface area contributed by atoms with Crippen LogP contribution in [0.4, 0.5) is 5.69 Å². The first-order valence-electron chi connectivity index (χ1n) is 16.5. The number of amides is 1. The number of rotatable bonds is 22. The first kappa shape index (κ1) is 31.5. The van der Waals surface area contributed by atoms with E-state index in [2.05, 4.69) is 46.5 Å². The summed E-state index contributed by atoms with van der Waals surface area (Å²) in [5, 5.41) is 4.40. The Balaban J connectivity index is 1.13. The highest BCUT2D eigenvalue weighted by atomic mass is 16.5. The van der Waals surface area contributed by atoms with Gasteiger partial charge in [0.1, 0.15) is 0 Å². The maximum atomic E-state index is 12.3. The molecule has 0 radical (unpaired) electrons. The highest BCUT2D eigenvalue weighted by Crippen LogP contribution is 2.25. The van der Waals surface area contributed by atoms with Gasteiger partial charge in [0.2, 0.25) is 5.91 Å². The van der Waals surface area contributed by atoms with Crippen LogP contribution in [0.2, 0.25) is 0 Å². The number of hydrogen-bond acceptors (Lipinski definition) is 3. The lowest BCUT2D eigenvalue weighted by atomic mass is 10.0. The van der Waals surface area contributed by atoms with Gasteiger partial charge in [0, 0.05) is 48.8 Å². The van der Waals surface area contributed by atoms with E-state index >= 15 is 0 Å².